The van der Waals surface area contributed by atoms with Gasteiger partial charge in [-0.25, -0.2) is 4.79 Å². The monoisotopic (exact) mass is 529 g/mol. The first-order chi connectivity index (χ1) is 19.6. The van der Waals surface area contributed by atoms with Crippen LogP contribution in [-0.2, 0) is 4.79 Å². The van der Waals surface area contributed by atoms with Crippen molar-refractivity contribution in [1.29, 1.82) is 5.26 Å². The molecule has 40 heavy (non-hydrogen) atoms. The molecule has 0 aromatic heterocycles. The molecule has 0 atom stereocenters. The summed E-state index contributed by atoms with van der Waals surface area (Å²) in [5.74, 6) is 1.18. The van der Waals surface area contributed by atoms with E-state index in [1.807, 2.05) is 77.7 Å². The minimum atomic E-state index is -0.381. The van der Waals surface area contributed by atoms with Gasteiger partial charge in [0, 0.05) is 54.4 Å². The van der Waals surface area contributed by atoms with Crippen LogP contribution >= 0.6 is 0 Å². The number of hydrogen-bond acceptors (Lipinski definition) is 5. The van der Waals surface area contributed by atoms with Crippen molar-refractivity contribution in [2.24, 2.45) is 0 Å². The van der Waals surface area contributed by atoms with Crippen molar-refractivity contribution >= 4 is 29.0 Å². The Labute approximate surface area is 232 Å². The number of para-hydroxylation sites is 2. The molecule has 3 amide bonds. The molecule has 0 bridgehead atoms. The van der Waals surface area contributed by atoms with E-state index in [1.165, 1.54) is 0 Å². The second-order valence-electron chi connectivity index (χ2n) is 9.74. The van der Waals surface area contributed by atoms with Gasteiger partial charge in [0.1, 0.15) is 11.5 Å². The summed E-state index contributed by atoms with van der Waals surface area (Å²) in [6.07, 6.45) is 0. The van der Waals surface area contributed by atoms with Crippen molar-refractivity contribution in [2.45, 2.75) is 5.92 Å². The topological polar surface area (TPSA) is 97.7 Å². The maximum atomic E-state index is 13.8. The molecule has 4 aromatic rings. The Hall–Kier alpha value is -5.29. The summed E-state index contributed by atoms with van der Waals surface area (Å²) in [4.78, 5) is 30.4. The van der Waals surface area contributed by atoms with Crippen LogP contribution in [0.25, 0.3) is 0 Å². The fourth-order valence-corrected chi connectivity index (χ4v) is 5.22. The average molecular weight is 530 g/mol. The smallest absolute Gasteiger partial charge is 0.323 e. The van der Waals surface area contributed by atoms with Crippen LogP contribution in [0.3, 0.4) is 0 Å². The summed E-state index contributed by atoms with van der Waals surface area (Å²) >= 11 is 0. The molecule has 0 aliphatic carbocycles. The lowest BCUT2D eigenvalue weighted by Crippen LogP contribution is -2.50. The van der Waals surface area contributed by atoms with E-state index in [9.17, 15) is 9.59 Å². The van der Waals surface area contributed by atoms with Crippen LogP contribution in [0.4, 0.5) is 21.9 Å². The van der Waals surface area contributed by atoms with Gasteiger partial charge in [-0.05, 0) is 60.7 Å². The third-order valence-electron chi connectivity index (χ3n) is 7.28. The number of carbonyl (C=O) groups excluding carboxylic acids is 2. The molecule has 2 N–H and O–H groups in total. The van der Waals surface area contributed by atoms with Gasteiger partial charge in [-0.2, -0.15) is 5.26 Å². The Morgan fingerprint density at radius 1 is 0.725 bits per heavy atom. The van der Waals surface area contributed by atoms with Crippen molar-refractivity contribution in [3.8, 4) is 17.6 Å². The predicted octanol–water partition coefficient (Wildman–Crippen LogP) is 5.79. The van der Waals surface area contributed by atoms with Gasteiger partial charge in [0.25, 0.3) is 0 Å². The molecule has 4 aromatic carbocycles. The van der Waals surface area contributed by atoms with Gasteiger partial charge in [-0.15, -0.1) is 0 Å². The number of fused-ring (bicyclic) bond motifs is 2. The molecular formula is C32H27N5O3. The minimum Gasteiger partial charge on any atom is -0.457 e. The number of rotatable bonds is 4. The average Bonchev–Trinajstić information content (AvgIpc) is 3.00. The molecule has 0 spiro atoms. The maximum absolute atomic E-state index is 13.8. The van der Waals surface area contributed by atoms with E-state index in [1.54, 1.807) is 24.3 Å². The quantitative estimate of drug-likeness (QED) is 0.349. The van der Waals surface area contributed by atoms with E-state index in [0.29, 0.717) is 43.1 Å². The molecule has 0 radical (unpaired) electrons. The SMILES string of the molecule is N#Cc1ccc(NC(=O)Nc2ccc(N3CCN(C(=O)C4c5ccccc5Oc5ccccc54)CC3)cc2)cc1. The number of hydrogen-bond donors (Lipinski definition) is 2. The van der Waals surface area contributed by atoms with Gasteiger partial charge in [-0.1, -0.05) is 36.4 Å². The lowest BCUT2D eigenvalue weighted by atomic mass is 9.86. The highest BCUT2D eigenvalue weighted by Crippen LogP contribution is 2.44. The van der Waals surface area contributed by atoms with Crippen molar-refractivity contribution in [3.05, 3.63) is 114 Å². The predicted molar refractivity (Wildman–Crippen MR) is 154 cm³/mol. The fourth-order valence-electron chi connectivity index (χ4n) is 5.22. The summed E-state index contributed by atoms with van der Waals surface area (Å²) in [6.45, 7) is 2.66. The molecule has 2 aliphatic rings. The van der Waals surface area contributed by atoms with Crippen LogP contribution in [0.2, 0.25) is 0 Å². The number of nitriles is 1. The van der Waals surface area contributed by atoms with Gasteiger partial charge >= 0.3 is 6.03 Å². The number of nitrogens with zero attached hydrogens (tertiary/aromatic N) is 3. The van der Waals surface area contributed by atoms with Gasteiger partial charge in [0.2, 0.25) is 5.91 Å². The third-order valence-corrected chi connectivity index (χ3v) is 7.28. The highest BCUT2D eigenvalue weighted by molar-refractivity contribution is 5.99. The first kappa shape index (κ1) is 25.0. The molecule has 6 rings (SSSR count). The van der Waals surface area contributed by atoms with Gasteiger partial charge < -0.3 is 25.2 Å². The Morgan fingerprint density at radius 3 is 1.80 bits per heavy atom. The molecule has 8 heteroatoms. The first-order valence-corrected chi connectivity index (χ1v) is 13.2. The molecule has 8 nitrogen and oxygen atoms in total. The zero-order valence-electron chi connectivity index (χ0n) is 21.7. The molecular weight excluding hydrogens is 502 g/mol. The number of anilines is 3. The van der Waals surface area contributed by atoms with Crippen LogP contribution in [-0.4, -0.2) is 43.0 Å². The maximum Gasteiger partial charge on any atom is 0.323 e. The summed E-state index contributed by atoms with van der Waals surface area (Å²) in [5.41, 5.74) is 4.65. The van der Waals surface area contributed by atoms with E-state index >= 15 is 0 Å². The second kappa shape index (κ2) is 10.8. The zero-order valence-corrected chi connectivity index (χ0v) is 21.7. The fraction of sp³-hybridized carbons (Fsp3) is 0.156. The molecule has 198 valence electrons. The Bertz CT molecular complexity index is 1540. The number of urea groups is 1. The van der Waals surface area contributed by atoms with Crippen LogP contribution in [0.15, 0.2) is 97.1 Å². The van der Waals surface area contributed by atoms with Crippen molar-refractivity contribution in [1.82, 2.24) is 4.90 Å². The normalized spacial score (nSPS) is 14.3. The summed E-state index contributed by atoms with van der Waals surface area (Å²) in [5, 5.41) is 14.5. The second-order valence-corrected chi connectivity index (χ2v) is 9.74. The van der Waals surface area contributed by atoms with Crippen LogP contribution < -0.4 is 20.3 Å². The van der Waals surface area contributed by atoms with E-state index in [0.717, 1.165) is 28.3 Å². The van der Waals surface area contributed by atoms with E-state index in [4.69, 9.17) is 10.00 Å². The van der Waals surface area contributed by atoms with Crippen molar-refractivity contribution in [3.63, 3.8) is 0 Å². The number of piperazine rings is 1. The highest BCUT2D eigenvalue weighted by atomic mass is 16.5. The van der Waals surface area contributed by atoms with Crippen molar-refractivity contribution in [2.75, 3.05) is 41.7 Å². The van der Waals surface area contributed by atoms with Crippen LogP contribution in [0, 0.1) is 11.3 Å². The largest absolute Gasteiger partial charge is 0.457 e. The number of ether oxygens (including phenoxy) is 1. The van der Waals surface area contributed by atoms with E-state index in [-0.39, 0.29) is 17.9 Å². The number of amides is 3. The molecule has 2 aliphatic heterocycles. The van der Waals surface area contributed by atoms with Gasteiger partial charge in [0.15, 0.2) is 0 Å². The van der Waals surface area contributed by atoms with E-state index in [2.05, 4.69) is 21.6 Å². The molecule has 1 saturated heterocycles. The standard InChI is InChI=1S/C32H27N5O3/c33-21-22-9-11-23(12-10-22)34-32(39)35-24-13-15-25(16-14-24)36-17-19-37(20-18-36)31(38)30-26-5-1-3-7-28(26)40-29-8-4-2-6-27(29)30/h1-16,30H,17-20H2,(H2,34,35,39). The minimum absolute atomic E-state index is 0.0932. The first-order valence-electron chi connectivity index (χ1n) is 13.2. The van der Waals surface area contributed by atoms with Crippen LogP contribution in [0.1, 0.15) is 22.6 Å². The Kier molecular flexibility index (Phi) is 6.77. The Morgan fingerprint density at radius 2 is 1.25 bits per heavy atom. The number of carbonyl (C=O) groups is 2. The van der Waals surface area contributed by atoms with Gasteiger partial charge in [-0.3, -0.25) is 4.79 Å². The molecule has 1 fully saturated rings. The summed E-state index contributed by atoms with van der Waals surface area (Å²) in [6, 6.07) is 31.6. The third kappa shape index (κ3) is 5.05. The van der Waals surface area contributed by atoms with Gasteiger partial charge in [0.05, 0.1) is 17.6 Å². The summed E-state index contributed by atoms with van der Waals surface area (Å²) in [7, 11) is 0. The summed E-state index contributed by atoms with van der Waals surface area (Å²) < 4.78 is 6.07. The highest BCUT2D eigenvalue weighted by Gasteiger charge is 2.36. The lowest BCUT2D eigenvalue weighted by molar-refractivity contribution is -0.132. The Balaban J connectivity index is 1.07. The number of nitrogens with one attached hydrogen (secondary N) is 2. The molecule has 0 saturated carbocycles. The number of benzene rings is 4. The lowest BCUT2D eigenvalue weighted by Gasteiger charge is -2.38. The van der Waals surface area contributed by atoms with E-state index < -0.39 is 0 Å². The zero-order chi connectivity index (χ0) is 27.5. The molecule has 0 unspecified atom stereocenters. The van der Waals surface area contributed by atoms with Crippen molar-refractivity contribution < 1.29 is 14.3 Å². The van der Waals surface area contributed by atoms with Crippen LogP contribution in [0.5, 0.6) is 11.5 Å². The molecule has 2 heterocycles.